The molecule has 0 atom stereocenters. The molecule has 0 aliphatic rings. The van der Waals surface area contributed by atoms with Gasteiger partial charge in [-0.15, -0.1) is 0 Å². The van der Waals surface area contributed by atoms with Crippen LogP contribution in [-0.4, -0.2) is 24.6 Å². The van der Waals surface area contributed by atoms with Gasteiger partial charge in [-0.1, -0.05) is 49.1 Å². The van der Waals surface area contributed by atoms with Gasteiger partial charge in [-0.2, -0.15) is 0 Å². The van der Waals surface area contributed by atoms with Gasteiger partial charge in [0.1, 0.15) is 12.4 Å². The summed E-state index contributed by atoms with van der Waals surface area (Å²) in [6.45, 7) is 5.47. The van der Waals surface area contributed by atoms with Gasteiger partial charge in [-0.25, -0.2) is 0 Å². The standard InChI is InChI=1S/C21H24N4O/c1-3-12-26-20-11-7-5-9-17(20)14-23-21(22-2)24-15-18-13-16-8-4-6-10-19(16)25-18/h3-11,13,25H,1,12,14-15H2,2H3,(H2,22,23,24). The van der Waals surface area contributed by atoms with E-state index in [0.717, 1.165) is 28.5 Å². The summed E-state index contributed by atoms with van der Waals surface area (Å²) in [5.41, 5.74) is 3.33. The molecule has 3 rings (SSSR count). The van der Waals surface area contributed by atoms with Crippen LogP contribution in [0.3, 0.4) is 0 Å². The minimum atomic E-state index is 0.490. The van der Waals surface area contributed by atoms with Crippen LogP contribution in [0.1, 0.15) is 11.3 Å². The van der Waals surface area contributed by atoms with Gasteiger partial charge in [0.15, 0.2) is 5.96 Å². The van der Waals surface area contributed by atoms with Crippen molar-refractivity contribution in [2.75, 3.05) is 13.7 Å². The SMILES string of the molecule is C=CCOc1ccccc1CNC(=NC)NCc1cc2ccccc2[nH]1. The van der Waals surface area contributed by atoms with E-state index in [4.69, 9.17) is 4.74 Å². The van der Waals surface area contributed by atoms with Crippen LogP contribution in [0.15, 0.2) is 72.2 Å². The molecule has 0 saturated heterocycles. The van der Waals surface area contributed by atoms with E-state index in [9.17, 15) is 0 Å². The average molecular weight is 348 g/mol. The fraction of sp³-hybridized carbons (Fsp3) is 0.190. The van der Waals surface area contributed by atoms with Gasteiger partial charge in [-0.05, 0) is 23.6 Å². The summed E-state index contributed by atoms with van der Waals surface area (Å²) >= 11 is 0. The number of rotatable bonds is 7. The predicted molar refractivity (Wildman–Crippen MR) is 107 cm³/mol. The fourth-order valence-corrected chi connectivity index (χ4v) is 2.75. The Bertz CT molecular complexity index is 865. The van der Waals surface area contributed by atoms with Crippen LogP contribution in [-0.2, 0) is 13.1 Å². The van der Waals surface area contributed by atoms with Gasteiger partial charge in [0.2, 0.25) is 0 Å². The molecule has 26 heavy (non-hydrogen) atoms. The number of hydrogen-bond donors (Lipinski definition) is 3. The molecule has 5 nitrogen and oxygen atoms in total. The molecule has 0 fully saturated rings. The van der Waals surface area contributed by atoms with Gasteiger partial charge >= 0.3 is 0 Å². The Morgan fingerprint density at radius 3 is 2.69 bits per heavy atom. The molecular weight excluding hydrogens is 324 g/mol. The van der Waals surface area contributed by atoms with Gasteiger partial charge in [-0.3, -0.25) is 4.99 Å². The lowest BCUT2D eigenvalue weighted by Gasteiger charge is -2.14. The molecule has 5 heteroatoms. The van der Waals surface area contributed by atoms with Crippen molar-refractivity contribution in [3.8, 4) is 5.75 Å². The number of aliphatic imine (C=N–C) groups is 1. The molecule has 0 amide bonds. The number of aromatic nitrogens is 1. The molecule has 3 N–H and O–H groups in total. The lowest BCUT2D eigenvalue weighted by molar-refractivity contribution is 0.358. The number of benzene rings is 2. The fourth-order valence-electron chi connectivity index (χ4n) is 2.75. The highest BCUT2D eigenvalue weighted by molar-refractivity contribution is 5.81. The molecule has 1 aromatic heterocycles. The van der Waals surface area contributed by atoms with Crippen molar-refractivity contribution in [3.05, 3.63) is 78.5 Å². The summed E-state index contributed by atoms with van der Waals surface area (Å²) in [6, 6.07) is 18.4. The predicted octanol–water partition coefficient (Wildman–Crippen LogP) is 3.60. The normalized spacial score (nSPS) is 11.3. The minimum Gasteiger partial charge on any atom is -0.489 e. The van der Waals surface area contributed by atoms with Crippen LogP contribution >= 0.6 is 0 Å². The van der Waals surface area contributed by atoms with Crippen LogP contribution in [0, 0.1) is 0 Å². The van der Waals surface area contributed by atoms with E-state index >= 15 is 0 Å². The van der Waals surface area contributed by atoms with Crippen LogP contribution < -0.4 is 15.4 Å². The van der Waals surface area contributed by atoms with Crippen molar-refractivity contribution in [1.82, 2.24) is 15.6 Å². The van der Waals surface area contributed by atoms with E-state index < -0.39 is 0 Å². The second kappa shape index (κ2) is 8.76. The molecule has 0 bridgehead atoms. The van der Waals surface area contributed by atoms with E-state index in [-0.39, 0.29) is 0 Å². The van der Waals surface area contributed by atoms with E-state index in [1.165, 1.54) is 5.39 Å². The van der Waals surface area contributed by atoms with Crippen molar-refractivity contribution in [2.45, 2.75) is 13.1 Å². The summed E-state index contributed by atoms with van der Waals surface area (Å²) in [7, 11) is 1.76. The smallest absolute Gasteiger partial charge is 0.191 e. The topological polar surface area (TPSA) is 61.4 Å². The van der Waals surface area contributed by atoms with Gasteiger partial charge in [0, 0.05) is 30.4 Å². The van der Waals surface area contributed by atoms with E-state index in [1.54, 1.807) is 13.1 Å². The minimum absolute atomic E-state index is 0.490. The third-order valence-electron chi connectivity index (χ3n) is 4.03. The molecule has 3 aromatic rings. The molecule has 1 heterocycles. The van der Waals surface area contributed by atoms with Crippen LogP contribution in [0.4, 0.5) is 0 Å². The molecule has 0 radical (unpaired) electrons. The molecular formula is C21H24N4O. The highest BCUT2D eigenvalue weighted by Gasteiger charge is 2.05. The maximum atomic E-state index is 5.69. The summed E-state index contributed by atoms with van der Waals surface area (Å²) in [6.07, 6.45) is 1.74. The van der Waals surface area contributed by atoms with Crippen molar-refractivity contribution in [2.24, 2.45) is 4.99 Å². The van der Waals surface area contributed by atoms with Gasteiger partial charge in [0.05, 0.1) is 6.54 Å². The number of aromatic amines is 1. The first-order chi connectivity index (χ1) is 12.8. The van der Waals surface area contributed by atoms with Gasteiger partial charge in [0.25, 0.3) is 0 Å². The maximum absolute atomic E-state index is 5.69. The summed E-state index contributed by atoms with van der Waals surface area (Å²) in [4.78, 5) is 7.69. The van der Waals surface area contributed by atoms with Crippen LogP contribution in [0.25, 0.3) is 10.9 Å². The first-order valence-corrected chi connectivity index (χ1v) is 8.63. The summed E-state index contributed by atoms with van der Waals surface area (Å²) in [5.74, 6) is 1.59. The Kier molecular flexibility index (Phi) is 5.93. The van der Waals surface area contributed by atoms with Crippen LogP contribution in [0.5, 0.6) is 5.75 Å². The number of nitrogens with zero attached hydrogens (tertiary/aromatic N) is 1. The third-order valence-corrected chi connectivity index (χ3v) is 4.03. The summed E-state index contributed by atoms with van der Waals surface area (Å²) in [5, 5.41) is 7.86. The van der Waals surface area contributed by atoms with Gasteiger partial charge < -0.3 is 20.4 Å². The van der Waals surface area contributed by atoms with E-state index in [0.29, 0.717) is 19.7 Å². The molecule has 0 spiro atoms. The Labute approximate surface area is 153 Å². The molecule has 2 aromatic carbocycles. The molecule has 0 aliphatic heterocycles. The summed E-state index contributed by atoms with van der Waals surface area (Å²) < 4.78 is 5.69. The number of para-hydroxylation sites is 2. The molecule has 0 unspecified atom stereocenters. The average Bonchev–Trinajstić information content (AvgIpc) is 3.10. The lowest BCUT2D eigenvalue weighted by Crippen LogP contribution is -2.36. The molecule has 0 saturated carbocycles. The molecule has 0 aliphatic carbocycles. The zero-order valence-electron chi connectivity index (χ0n) is 15.0. The highest BCUT2D eigenvalue weighted by Crippen LogP contribution is 2.17. The second-order valence-electron chi connectivity index (χ2n) is 5.87. The monoisotopic (exact) mass is 348 g/mol. The number of fused-ring (bicyclic) bond motifs is 1. The first-order valence-electron chi connectivity index (χ1n) is 8.63. The Morgan fingerprint density at radius 1 is 1.12 bits per heavy atom. The quantitative estimate of drug-likeness (QED) is 0.347. The third kappa shape index (κ3) is 4.45. The van der Waals surface area contributed by atoms with Crippen molar-refractivity contribution in [3.63, 3.8) is 0 Å². The largest absolute Gasteiger partial charge is 0.489 e. The van der Waals surface area contributed by atoms with Crippen molar-refractivity contribution in [1.29, 1.82) is 0 Å². The number of nitrogens with one attached hydrogen (secondary N) is 3. The number of guanidine groups is 1. The Morgan fingerprint density at radius 2 is 1.88 bits per heavy atom. The number of H-pyrrole nitrogens is 1. The maximum Gasteiger partial charge on any atom is 0.191 e. The highest BCUT2D eigenvalue weighted by atomic mass is 16.5. The van der Waals surface area contributed by atoms with Crippen LogP contribution in [0.2, 0.25) is 0 Å². The number of ether oxygens (including phenoxy) is 1. The van der Waals surface area contributed by atoms with Crippen molar-refractivity contribution < 1.29 is 4.74 Å². The Balaban J connectivity index is 1.57. The Hall–Kier alpha value is -3.21. The van der Waals surface area contributed by atoms with Crippen molar-refractivity contribution >= 4 is 16.9 Å². The van der Waals surface area contributed by atoms with E-state index in [2.05, 4.69) is 45.4 Å². The van der Waals surface area contributed by atoms with E-state index in [1.807, 2.05) is 36.4 Å². The first kappa shape index (κ1) is 17.6. The zero-order valence-corrected chi connectivity index (χ0v) is 15.0. The lowest BCUT2D eigenvalue weighted by atomic mass is 10.2. The second-order valence-corrected chi connectivity index (χ2v) is 5.87. The number of hydrogen-bond acceptors (Lipinski definition) is 2. The zero-order chi connectivity index (χ0) is 18.2. The molecule has 134 valence electrons.